The zero-order valence-electron chi connectivity index (χ0n) is 16.0. The van der Waals surface area contributed by atoms with Crippen LogP contribution in [0.3, 0.4) is 0 Å². The van der Waals surface area contributed by atoms with E-state index in [-0.39, 0.29) is 11.9 Å². The Labute approximate surface area is 159 Å². The Hall–Kier alpha value is -2.95. The van der Waals surface area contributed by atoms with Crippen LogP contribution in [0.25, 0.3) is 10.9 Å². The average Bonchev–Trinajstić information content (AvgIpc) is 3.09. The maximum absolute atomic E-state index is 12.5. The standard InChI is InChI=1S/C22H26N2O3/c1-4-11-27-20-10-9-16(12-21(20)26-3)15(2)24-22(25)13-17-14-23-19-8-6-5-7-18(17)19/h5-10,12,14-15,23H,4,11,13H2,1-3H3,(H,24,25)/t15-/m1/s1. The molecule has 27 heavy (non-hydrogen) atoms. The van der Waals surface area contributed by atoms with Gasteiger partial charge in [-0.3, -0.25) is 4.79 Å². The number of fused-ring (bicyclic) bond motifs is 1. The highest BCUT2D eigenvalue weighted by atomic mass is 16.5. The molecule has 0 saturated heterocycles. The largest absolute Gasteiger partial charge is 0.493 e. The molecule has 1 amide bonds. The summed E-state index contributed by atoms with van der Waals surface area (Å²) in [7, 11) is 1.62. The number of benzene rings is 2. The van der Waals surface area contributed by atoms with E-state index in [1.807, 2.05) is 55.6 Å². The van der Waals surface area contributed by atoms with Crippen molar-refractivity contribution >= 4 is 16.8 Å². The van der Waals surface area contributed by atoms with Gasteiger partial charge in [0.05, 0.1) is 26.2 Å². The molecule has 0 spiro atoms. The number of hydrogen-bond acceptors (Lipinski definition) is 3. The zero-order chi connectivity index (χ0) is 19.2. The predicted octanol–water partition coefficient (Wildman–Crippen LogP) is 4.39. The van der Waals surface area contributed by atoms with Gasteiger partial charge in [0.1, 0.15) is 0 Å². The summed E-state index contributed by atoms with van der Waals surface area (Å²) < 4.78 is 11.1. The van der Waals surface area contributed by atoms with Gasteiger partial charge in [-0.1, -0.05) is 31.2 Å². The van der Waals surface area contributed by atoms with Gasteiger partial charge < -0.3 is 19.8 Å². The van der Waals surface area contributed by atoms with Crippen LogP contribution >= 0.6 is 0 Å². The third-order valence-electron chi connectivity index (χ3n) is 4.55. The average molecular weight is 366 g/mol. The SMILES string of the molecule is CCCOc1ccc([C@@H](C)NC(=O)Cc2c[nH]c3ccccc23)cc1OC. The van der Waals surface area contributed by atoms with E-state index in [1.165, 1.54) is 0 Å². The van der Waals surface area contributed by atoms with Crippen molar-refractivity contribution in [2.45, 2.75) is 32.7 Å². The highest BCUT2D eigenvalue weighted by Crippen LogP contribution is 2.30. The molecule has 5 heteroatoms. The molecular weight excluding hydrogens is 340 g/mol. The minimum atomic E-state index is -0.128. The maximum atomic E-state index is 12.5. The molecular formula is C22H26N2O3. The van der Waals surface area contributed by atoms with Gasteiger partial charge in [0.2, 0.25) is 5.91 Å². The van der Waals surface area contributed by atoms with Crippen LogP contribution in [-0.2, 0) is 11.2 Å². The second-order valence-corrected chi connectivity index (χ2v) is 6.58. The second-order valence-electron chi connectivity index (χ2n) is 6.58. The predicted molar refractivity (Wildman–Crippen MR) is 107 cm³/mol. The molecule has 0 saturated carbocycles. The minimum absolute atomic E-state index is 0.0162. The molecule has 2 aromatic carbocycles. The topological polar surface area (TPSA) is 63.3 Å². The molecule has 0 fully saturated rings. The lowest BCUT2D eigenvalue weighted by molar-refractivity contribution is -0.121. The molecule has 0 unspecified atom stereocenters. The lowest BCUT2D eigenvalue weighted by Crippen LogP contribution is -2.28. The molecule has 3 rings (SSSR count). The number of methoxy groups -OCH3 is 1. The lowest BCUT2D eigenvalue weighted by Gasteiger charge is -2.17. The summed E-state index contributed by atoms with van der Waals surface area (Å²) >= 11 is 0. The molecule has 5 nitrogen and oxygen atoms in total. The van der Waals surface area contributed by atoms with Crippen LogP contribution in [0, 0.1) is 0 Å². The van der Waals surface area contributed by atoms with Crippen molar-refractivity contribution in [3.05, 3.63) is 59.8 Å². The number of rotatable bonds is 8. The second kappa shape index (κ2) is 8.62. The monoisotopic (exact) mass is 366 g/mol. The third-order valence-corrected chi connectivity index (χ3v) is 4.55. The highest BCUT2D eigenvalue weighted by molar-refractivity contribution is 5.89. The van der Waals surface area contributed by atoms with Gasteiger partial charge in [-0.2, -0.15) is 0 Å². The molecule has 142 valence electrons. The summed E-state index contributed by atoms with van der Waals surface area (Å²) in [5.74, 6) is 1.39. The molecule has 1 heterocycles. The van der Waals surface area contributed by atoms with Gasteiger partial charge in [-0.15, -0.1) is 0 Å². The number of para-hydroxylation sites is 1. The summed E-state index contributed by atoms with van der Waals surface area (Å²) in [6.45, 7) is 4.67. The van der Waals surface area contributed by atoms with E-state index in [4.69, 9.17) is 9.47 Å². The Kier molecular flexibility index (Phi) is 6.01. The Morgan fingerprint density at radius 1 is 1.19 bits per heavy atom. The Morgan fingerprint density at radius 3 is 2.78 bits per heavy atom. The number of carbonyl (C=O) groups is 1. The number of hydrogen-bond donors (Lipinski definition) is 2. The fourth-order valence-corrected chi connectivity index (χ4v) is 3.11. The normalized spacial score (nSPS) is 12.0. The van der Waals surface area contributed by atoms with Crippen molar-refractivity contribution in [2.24, 2.45) is 0 Å². The van der Waals surface area contributed by atoms with Crippen LogP contribution in [0.5, 0.6) is 11.5 Å². The minimum Gasteiger partial charge on any atom is -0.493 e. The molecule has 1 aromatic heterocycles. The first-order chi connectivity index (χ1) is 13.1. The van der Waals surface area contributed by atoms with Crippen molar-refractivity contribution in [3.8, 4) is 11.5 Å². The Balaban J connectivity index is 1.67. The lowest BCUT2D eigenvalue weighted by atomic mass is 10.1. The first-order valence-electron chi connectivity index (χ1n) is 9.27. The van der Waals surface area contributed by atoms with Crippen LogP contribution < -0.4 is 14.8 Å². The molecule has 0 aliphatic rings. The molecule has 3 aromatic rings. The first kappa shape index (κ1) is 18.8. The number of aromatic amines is 1. The Bertz CT molecular complexity index is 917. The van der Waals surface area contributed by atoms with Gasteiger partial charge in [0.25, 0.3) is 0 Å². The van der Waals surface area contributed by atoms with Crippen LogP contribution in [0.2, 0.25) is 0 Å². The quantitative estimate of drug-likeness (QED) is 0.622. The summed E-state index contributed by atoms with van der Waals surface area (Å²) in [6, 6.07) is 13.6. The van der Waals surface area contributed by atoms with E-state index >= 15 is 0 Å². The van der Waals surface area contributed by atoms with E-state index in [1.54, 1.807) is 7.11 Å². The molecule has 0 radical (unpaired) electrons. The number of H-pyrrole nitrogens is 1. The summed E-state index contributed by atoms with van der Waals surface area (Å²) in [6.07, 6.45) is 3.17. The van der Waals surface area contributed by atoms with Crippen molar-refractivity contribution < 1.29 is 14.3 Å². The van der Waals surface area contributed by atoms with Crippen molar-refractivity contribution in [2.75, 3.05) is 13.7 Å². The van der Waals surface area contributed by atoms with Crippen LogP contribution in [0.15, 0.2) is 48.7 Å². The van der Waals surface area contributed by atoms with Crippen LogP contribution in [0.4, 0.5) is 0 Å². The number of amides is 1. The molecule has 0 aliphatic carbocycles. The van der Waals surface area contributed by atoms with E-state index in [2.05, 4.69) is 17.2 Å². The van der Waals surface area contributed by atoms with Gasteiger partial charge in [0.15, 0.2) is 11.5 Å². The van der Waals surface area contributed by atoms with E-state index < -0.39 is 0 Å². The molecule has 0 aliphatic heterocycles. The molecule has 0 bridgehead atoms. The summed E-state index contributed by atoms with van der Waals surface area (Å²) in [4.78, 5) is 15.7. The number of aromatic nitrogens is 1. The first-order valence-corrected chi connectivity index (χ1v) is 9.27. The smallest absolute Gasteiger partial charge is 0.224 e. The maximum Gasteiger partial charge on any atom is 0.224 e. The van der Waals surface area contributed by atoms with E-state index in [0.717, 1.165) is 34.2 Å². The van der Waals surface area contributed by atoms with Gasteiger partial charge in [0, 0.05) is 17.1 Å². The van der Waals surface area contributed by atoms with Crippen LogP contribution in [-0.4, -0.2) is 24.6 Å². The van der Waals surface area contributed by atoms with Gasteiger partial charge >= 0.3 is 0 Å². The van der Waals surface area contributed by atoms with E-state index in [9.17, 15) is 4.79 Å². The van der Waals surface area contributed by atoms with Crippen LogP contribution in [0.1, 0.15) is 37.4 Å². The zero-order valence-corrected chi connectivity index (χ0v) is 16.0. The van der Waals surface area contributed by atoms with Crippen molar-refractivity contribution in [3.63, 3.8) is 0 Å². The van der Waals surface area contributed by atoms with Crippen molar-refractivity contribution in [1.82, 2.24) is 10.3 Å². The Morgan fingerprint density at radius 2 is 2.00 bits per heavy atom. The third kappa shape index (κ3) is 4.42. The van der Waals surface area contributed by atoms with E-state index in [0.29, 0.717) is 18.8 Å². The fraction of sp³-hybridized carbons (Fsp3) is 0.318. The molecule has 1 atom stereocenters. The highest BCUT2D eigenvalue weighted by Gasteiger charge is 2.14. The number of ether oxygens (including phenoxy) is 2. The number of nitrogens with one attached hydrogen (secondary N) is 2. The summed E-state index contributed by atoms with van der Waals surface area (Å²) in [5.41, 5.74) is 3.01. The van der Waals surface area contributed by atoms with Gasteiger partial charge in [-0.25, -0.2) is 0 Å². The molecule has 2 N–H and O–H groups in total. The number of carbonyl (C=O) groups excluding carboxylic acids is 1. The fourth-order valence-electron chi connectivity index (χ4n) is 3.11. The van der Waals surface area contributed by atoms with Crippen molar-refractivity contribution in [1.29, 1.82) is 0 Å². The van der Waals surface area contributed by atoms with Gasteiger partial charge in [-0.05, 0) is 42.7 Å². The summed E-state index contributed by atoms with van der Waals surface area (Å²) in [5, 5.41) is 4.15.